The first-order chi connectivity index (χ1) is 17.2. The Balaban J connectivity index is 0.000000202. The number of halogens is 2. The number of rotatable bonds is 8. The highest BCUT2D eigenvalue weighted by atomic mass is 32.2. The third-order valence-electron chi connectivity index (χ3n) is 6.35. The molecule has 0 saturated carbocycles. The van der Waals surface area contributed by atoms with Gasteiger partial charge in [-0.2, -0.15) is 0 Å². The molecule has 0 N–H and O–H groups in total. The second kappa shape index (κ2) is 12.7. The second-order valence-corrected chi connectivity index (χ2v) is 12.2. The van der Waals surface area contributed by atoms with E-state index in [2.05, 4.69) is 4.90 Å². The monoisotopic (exact) mass is 538 g/mol. The van der Waals surface area contributed by atoms with Crippen LogP contribution in [0.5, 0.6) is 0 Å². The van der Waals surface area contributed by atoms with Gasteiger partial charge in [-0.15, -0.1) is 11.8 Å². The summed E-state index contributed by atoms with van der Waals surface area (Å²) in [6.45, 7) is 7.01. The number of carbonyl (C=O) groups excluding carboxylic acids is 2. The summed E-state index contributed by atoms with van der Waals surface area (Å²) in [5.74, 6) is -0.493. The molecule has 0 radical (unpaired) electrons. The van der Waals surface area contributed by atoms with Crippen LogP contribution in [0, 0.1) is 11.6 Å². The van der Waals surface area contributed by atoms with Gasteiger partial charge in [0.25, 0.3) is 0 Å². The molecule has 0 atom stereocenters. The fourth-order valence-electron chi connectivity index (χ4n) is 4.39. The molecular weight excluding hydrogens is 506 g/mol. The van der Waals surface area contributed by atoms with E-state index in [-0.39, 0.29) is 28.1 Å². The lowest BCUT2D eigenvalue weighted by molar-refractivity contribution is 0.110. The van der Waals surface area contributed by atoms with Gasteiger partial charge in [-0.1, -0.05) is 13.8 Å². The Morgan fingerprint density at radius 1 is 0.806 bits per heavy atom. The van der Waals surface area contributed by atoms with Crippen molar-refractivity contribution < 1.29 is 26.8 Å². The Hall–Kier alpha value is -2.46. The van der Waals surface area contributed by atoms with Gasteiger partial charge >= 0.3 is 0 Å². The molecule has 2 aliphatic rings. The molecule has 2 saturated heterocycles. The van der Waals surface area contributed by atoms with Crippen LogP contribution in [0.15, 0.2) is 34.1 Å². The first-order valence-electron chi connectivity index (χ1n) is 12.2. The van der Waals surface area contributed by atoms with Gasteiger partial charge < -0.3 is 9.80 Å². The molecule has 0 aliphatic carbocycles. The minimum absolute atomic E-state index is 0.156. The van der Waals surface area contributed by atoms with E-state index in [9.17, 15) is 26.8 Å². The van der Waals surface area contributed by atoms with Gasteiger partial charge in [-0.05, 0) is 55.7 Å². The van der Waals surface area contributed by atoms with Crippen molar-refractivity contribution in [1.29, 1.82) is 0 Å². The highest BCUT2D eigenvalue weighted by Gasteiger charge is 2.23. The van der Waals surface area contributed by atoms with Crippen LogP contribution in [0.25, 0.3) is 0 Å². The van der Waals surface area contributed by atoms with Crippen molar-refractivity contribution in [3.8, 4) is 0 Å². The van der Waals surface area contributed by atoms with Crippen molar-refractivity contribution in [3.05, 3.63) is 47.0 Å². The SMILES string of the molecule is CCS(=O)(=O)c1cc(N2CCCC2)cc(F)c1C=O.CCSc1cc(N2CCCC2)cc(F)c1C=O. The van der Waals surface area contributed by atoms with E-state index >= 15 is 0 Å². The van der Waals surface area contributed by atoms with Crippen LogP contribution in [-0.4, -0.2) is 58.7 Å². The Morgan fingerprint density at radius 3 is 1.72 bits per heavy atom. The van der Waals surface area contributed by atoms with E-state index in [1.54, 1.807) is 0 Å². The minimum atomic E-state index is -3.61. The number of thioether (sulfide) groups is 1. The summed E-state index contributed by atoms with van der Waals surface area (Å²) in [5.41, 5.74) is 1.26. The molecule has 196 valence electrons. The molecule has 2 aliphatic heterocycles. The Kier molecular flexibility index (Phi) is 9.90. The number of aldehydes is 2. The zero-order chi connectivity index (χ0) is 26.3. The predicted molar refractivity (Wildman–Crippen MR) is 141 cm³/mol. The number of carbonyl (C=O) groups is 2. The lowest BCUT2D eigenvalue weighted by atomic mass is 10.2. The third kappa shape index (κ3) is 6.45. The quantitative estimate of drug-likeness (QED) is 0.330. The van der Waals surface area contributed by atoms with Crippen LogP contribution in [0.3, 0.4) is 0 Å². The summed E-state index contributed by atoms with van der Waals surface area (Å²) in [7, 11) is -3.61. The van der Waals surface area contributed by atoms with E-state index in [4.69, 9.17) is 0 Å². The Bertz CT molecular complexity index is 1190. The molecule has 2 aromatic rings. The number of benzene rings is 2. The van der Waals surface area contributed by atoms with Crippen molar-refractivity contribution in [3.63, 3.8) is 0 Å². The number of anilines is 2. The molecule has 0 aromatic heterocycles. The van der Waals surface area contributed by atoms with Crippen LogP contribution >= 0.6 is 11.8 Å². The summed E-state index contributed by atoms with van der Waals surface area (Å²) in [6, 6.07) is 6.07. The van der Waals surface area contributed by atoms with Crippen LogP contribution < -0.4 is 9.80 Å². The van der Waals surface area contributed by atoms with Gasteiger partial charge in [0.2, 0.25) is 0 Å². The largest absolute Gasteiger partial charge is 0.371 e. The van der Waals surface area contributed by atoms with E-state index in [1.165, 1.54) is 36.9 Å². The first-order valence-corrected chi connectivity index (χ1v) is 14.8. The number of hydrogen-bond acceptors (Lipinski definition) is 7. The summed E-state index contributed by atoms with van der Waals surface area (Å²) in [6.07, 6.45) is 5.22. The maximum atomic E-state index is 13.9. The van der Waals surface area contributed by atoms with Crippen LogP contribution in [0.1, 0.15) is 60.2 Å². The van der Waals surface area contributed by atoms with Gasteiger partial charge in [-0.25, -0.2) is 17.2 Å². The van der Waals surface area contributed by atoms with Crippen LogP contribution in [-0.2, 0) is 9.84 Å². The van der Waals surface area contributed by atoms with Gasteiger partial charge in [0, 0.05) is 42.4 Å². The maximum absolute atomic E-state index is 13.9. The highest BCUT2D eigenvalue weighted by molar-refractivity contribution is 7.99. The van der Waals surface area contributed by atoms with E-state index in [1.807, 2.05) is 17.9 Å². The predicted octanol–water partition coefficient (Wildman–Crippen LogP) is 5.38. The van der Waals surface area contributed by atoms with Gasteiger partial charge in [0.05, 0.1) is 21.8 Å². The number of nitrogens with zero attached hydrogens (tertiary/aromatic N) is 2. The van der Waals surface area contributed by atoms with E-state index in [0.29, 0.717) is 12.0 Å². The summed E-state index contributed by atoms with van der Waals surface area (Å²) >= 11 is 1.52. The fraction of sp³-hybridized carbons (Fsp3) is 0.462. The summed E-state index contributed by atoms with van der Waals surface area (Å²) in [5, 5.41) is 0. The first kappa shape index (κ1) is 28.1. The molecule has 2 fully saturated rings. The second-order valence-electron chi connectivity index (χ2n) is 8.64. The molecule has 6 nitrogen and oxygen atoms in total. The molecule has 0 bridgehead atoms. The maximum Gasteiger partial charge on any atom is 0.179 e. The molecule has 0 unspecified atom stereocenters. The average molecular weight is 539 g/mol. The molecule has 10 heteroatoms. The molecular formula is C26H32F2N2O4S2. The average Bonchev–Trinajstić information content (AvgIpc) is 3.59. The zero-order valence-corrected chi connectivity index (χ0v) is 22.3. The topological polar surface area (TPSA) is 74.8 Å². The molecule has 36 heavy (non-hydrogen) atoms. The minimum Gasteiger partial charge on any atom is -0.371 e. The van der Waals surface area contributed by atoms with Gasteiger partial charge in [0.1, 0.15) is 11.6 Å². The Morgan fingerprint density at radius 2 is 1.28 bits per heavy atom. The van der Waals surface area contributed by atoms with Crippen molar-refractivity contribution in [1.82, 2.24) is 0 Å². The van der Waals surface area contributed by atoms with Crippen LogP contribution in [0.2, 0.25) is 0 Å². The standard InChI is InChI=1S/C13H16FNO3S.C13H16FNOS/c1-2-19(17,18)13-8-10(15-5-3-4-6-15)7-12(14)11(13)9-16;1-2-17-13-8-10(15-5-3-4-6-15)7-12(14)11(13)9-16/h7-9H,2-6H2,1H3;7-9H,2-6H2,1H3. The smallest absolute Gasteiger partial charge is 0.179 e. The number of sulfone groups is 1. The fourth-order valence-corrected chi connectivity index (χ4v) is 6.30. The normalized spacial score (nSPS) is 15.6. The van der Waals surface area contributed by atoms with Gasteiger partial charge in [0.15, 0.2) is 22.4 Å². The van der Waals surface area contributed by atoms with Crippen molar-refractivity contribution in [2.24, 2.45) is 0 Å². The Labute approximate surface area is 216 Å². The molecule has 0 amide bonds. The highest BCUT2D eigenvalue weighted by Crippen LogP contribution is 2.31. The third-order valence-corrected chi connectivity index (χ3v) is 9.05. The van der Waals surface area contributed by atoms with E-state index < -0.39 is 21.5 Å². The molecule has 4 rings (SSSR count). The lowest BCUT2D eigenvalue weighted by Crippen LogP contribution is -2.19. The van der Waals surface area contributed by atoms with Crippen LogP contribution in [0.4, 0.5) is 20.2 Å². The number of hydrogen-bond donors (Lipinski definition) is 0. The van der Waals surface area contributed by atoms with Crippen molar-refractivity contribution >= 4 is 45.5 Å². The van der Waals surface area contributed by atoms with Crippen molar-refractivity contribution in [2.45, 2.75) is 49.3 Å². The lowest BCUT2D eigenvalue weighted by Gasteiger charge is -2.19. The molecule has 2 aromatic carbocycles. The zero-order valence-electron chi connectivity index (χ0n) is 20.6. The molecule has 0 spiro atoms. The van der Waals surface area contributed by atoms with Crippen molar-refractivity contribution in [2.75, 3.05) is 47.5 Å². The summed E-state index contributed by atoms with van der Waals surface area (Å²) < 4.78 is 51.6. The molecule has 2 heterocycles. The summed E-state index contributed by atoms with van der Waals surface area (Å²) in [4.78, 5) is 26.5. The van der Waals surface area contributed by atoms with E-state index in [0.717, 1.165) is 68.2 Å². The van der Waals surface area contributed by atoms with Gasteiger partial charge in [-0.3, -0.25) is 9.59 Å².